The molecular formula is C12H9N5O4S. The summed E-state index contributed by atoms with van der Waals surface area (Å²) in [6.45, 7) is 1.72. The van der Waals surface area contributed by atoms with Gasteiger partial charge < -0.3 is 10.3 Å². The van der Waals surface area contributed by atoms with Crippen LogP contribution in [0.25, 0.3) is 4.96 Å². The highest BCUT2D eigenvalue weighted by Crippen LogP contribution is 2.11. The number of nitrogens with zero attached hydrogens (tertiary/aromatic N) is 2. The summed E-state index contributed by atoms with van der Waals surface area (Å²) < 4.78 is 1.32. The molecule has 0 atom stereocenters. The first-order chi connectivity index (χ1) is 10.5. The lowest BCUT2D eigenvalue weighted by Gasteiger charge is -2.04. The Kier molecular flexibility index (Phi) is 3.22. The number of thiazole rings is 1. The third-order valence-electron chi connectivity index (χ3n) is 2.93. The first-order valence-corrected chi connectivity index (χ1v) is 6.94. The number of aromatic nitrogens is 4. The first-order valence-electron chi connectivity index (χ1n) is 6.06. The van der Waals surface area contributed by atoms with Crippen LogP contribution in [0.1, 0.15) is 16.1 Å². The van der Waals surface area contributed by atoms with E-state index in [1.54, 1.807) is 12.3 Å². The van der Waals surface area contributed by atoms with E-state index in [0.29, 0.717) is 10.7 Å². The van der Waals surface area contributed by atoms with Gasteiger partial charge in [0.25, 0.3) is 17.0 Å². The summed E-state index contributed by atoms with van der Waals surface area (Å²) >= 11 is 1.28. The smallest absolute Gasteiger partial charge is 0.316 e. The van der Waals surface area contributed by atoms with Crippen LogP contribution in [-0.2, 0) is 0 Å². The summed E-state index contributed by atoms with van der Waals surface area (Å²) in [7, 11) is 0. The second-order valence-corrected chi connectivity index (χ2v) is 5.25. The average Bonchev–Trinajstić information content (AvgIpc) is 2.84. The molecule has 0 saturated heterocycles. The Morgan fingerprint density at radius 3 is 2.86 bits per heavy atom. The highest BCUT2D eigenvalue weighted by Gasteiger charge is 2.16. The van der Waals surface area contributed by atoms with Gasteiger partial charge >= 0.3 is 5.69 Å². The Morgan fingerprint density at radius 1 is 1.36 bits per heavy atom. The molecule has 0 aliphatic carbocycles. The largest absolute Gasteiger partial charge is 0.325 e. The number of anilines is 1. The van der Waals surface area contributed by atoms with Crippen molar-refractivity contribution < 1.29 is 4.79 Å². The molecular weight excluding hydrogens is 310 g/mol. The molecule has 9 nitrogen and oxygen atoms in total. The number of carbonyl (C=O) groups is 1. The van der Waals surface area contributed by atoms with Gasteiger partial charge in [-0.1, -0.05) is 0 Å². The maximum atomic E-state index is 12.3. The topological polar surface area (TPSA) is 129 Å². The summed E-state index contributed by atoms with van der Waals surface area (Å²) in [5, 5.41) is 4.02. The molecule has 0 aromatic carbocycles. The van der Waals surface area contributed by atoms with E-state index < -0.39 is 22.7 Å². The van der Waals surface area contributed by atoms with E-state index in [0.717, 1.165) is 12.4 Å². The molecule has 3 heterocycles. The minimum atomic E-state index is -0.782. The predicted molar refractivity (Wildman–Crippen MR) is 79.7 cm³/mol. The van der Waals surface area contributed by atoms with Crippen molar-refractivity contribution in [3.8, 4) is 0 Å². The van der Waals surface area contributed by atoms with Gasteiger partial charge in [-0.05, 0) is 6.92 Å². The molecule has 0 unspecified atom stereocenters. The monoisotopic (exact) mass is 319 g/mol. The summed E-state index contributed by atoms with van der Waals surface area (Å²) in [5.41, 5.74) is -1.70. The van der Waals surface area contributed by atoms with E-state index in [1.807, 2.05) is 4.98 Å². The number of carbonyl (C=O) groups excluding carboxylic acids is 1. The fourth-order valence-corrected chi connectivity index (χ4v) is 2.70. The average molecular weight is 319 g/mol. The summed E-state index contributed by atoms with van der Waals surface area (Å²) in [5.74, 6) is -0.782. The van der Waals surface area contributed by atoms with Crippen molar-refractivity contribution in [2.45, 2.75) is 6.92 Å². The van der Waals surface area contributed by atoms with Crippen LogP contribution in [-0.4, -0.2) is 25.3 Å². The molecule has 3 rings (SSSR count). The van der Waals surface area contributed by atoms with E-state index in [4.69, 9.17) is 0 Å². The number of H-pyrrole nitrogens is 2. The lowest BCUT2D eigenvalue weighted by atomic mass is 10.3. The molecule has 3 aromatic heterocycles. The van der Waals surface area contributed by atoms with Gasteiger partial charge in [0.1, 0.15) is 11.3 Å². The van der Waals surface area contributed by atoms with E-state index in [1.165, 1.54) is 15.7 Å². The molecule has 10 heteroatoms. The number of hydrogen-bond donors (Lipinski definition) is 3. The molecule has 3 N–H and O–H groups in total. The molecule has 3 aromatic rings. The quantitative estimate of drug-likeness (QED) is 0.597. The Balaban J connectivity index is 2.04. The zero-order valence-electron chi connectivity index (χ0n) is 11.2. The lowest BCUT2D eigenvalue weighted by molar-refractivity contribution is 0.102. The van der Waals surface area contributed by atoms with Gasteiger partial charge in [-0.3, -0.25) is 23.8 Å². The minimum Gasteiger partial charge on any atom is -0.316 e. The van der Waals surface area contributed by atoms with Crippen molar-refractivity contribution in [2.75, 3.05) is 5.32 Å². The van der Waals surface area contributed by atoms with Crippen molar-refractivity contribution in [2.24, 2.45) is 0 Å². The Labute approximate surface area is 125 Å². The van der Waals surface area contributed by atoms with Crippen LogP contribution in [0, 0.1) is 6.92 Å². The first kappa shape index (κ1) is 13.9. The number of aryl methyl sites for hydroxylation is 1. The molecule has 0 saturated carbocycles. The third-order valence-corrected chi connectivity index (χ3v) is 3.89. The lowest BCUT2D eigenvalue weighted by Crippen LogP contribution is -2.30. The highest BCUT2D eigenvalue weighted by atomic mass is 32.1. The Hall–Kier alpha value is -3.01. The molecule has 0 bridgehead atoms. The molecule has 112 valence electrons. The molecule has 1 amide bonds. The van der Waals surface area contributed by atoms with Crippen LogP contribution < -0.4 is 22.1 Å². The van der Waals surface area contributed by atoms with Crippen molar-refractivity contribution in [1.29, 1.82) is 0 Å². The summed E-state index contributed by atoms with van der Waals surface area (Å²) in [4.78, 5) is 55.6. The number of rotatable bonds is 2. The van der Waals surface area contributed by atoms with Crippen LogP contribution >= 0.6 is 11.3 Å². The molecule has 0 aliphatic heterocycles. The highest BCUT2D eigenvalue weighted by molar-refractivity contribution is 7.15. The molecule has 0 radical (unpaired) electrons. The van der Waals surface area contributed by atoms with Crippen LogP contribution in [0.15, 0.2) is 32.2 Å². The SMILES string of the molecule is Cc1csc2ncc(C(=O)Nc3c[nH]c(=O)[nH]c3=O)c(=O)n12. The molecule has 0 fully saturated rings. The molecule has 22 heavy (non-hydrogen) atoms. The molecule has 0 spiro atoms. The van der Waals surface area contributed by atoms with Crippen LogP contribution in [0.4, 0.5) is 5.69 Å². The summed E-state index contributed by atoms with van der Waals surface area (Å²) in [6.07, 6.45) is 2.21. The number of hydrogen-bond acceptors (Lipinski definition) is 6. The van der Waals surface area contributed by atoms with E-state index in [9.17, 15) is 19.2 Å². The number of nitrogens with one attached hydrogen (secondary N) is 3. The number of fused-ring (bicyclic) bond motifs is 1. The van der Waals surface area contributed by atoms with E-state index >= 15 is 0 Å². The van der Waals surface area contributed by atoms with Gasteiger partial charge in [0.15, 0.2) is 4.96 Å². The van der Waals surface area contributed by atoms with Crippen molar-refractivity contribution >= 4 is 27.9 Å². The normalized spacial score (nSPS) is 10.8. The standard InChI is InChI=1S/C12H9N5O4S/c1-5-4-22-12-14-2-6(10(20)17(5)12)8(18)15-7-3-13-11(21)16-9(7)19/h2-4H,1H3,(H,15,18)(H2,13,16,19,21). The molecule has 0 aliphatic rings. The van der Waals surface area contributed by atoms with E-state index in [2.05, 4.69) is 15.3 Å². The predicted octanol–water partition coefficient (Wildman–Crippen LogP) is -0.307. The fraction of sp³-hybridized carbons (Fsp3) is 0.0833. The minimum absolute atomic E-state index is 0.170. The second kappa shape index (κ2) is 5.07. The zero-order valence-corrected chi connectivity index (χ0v) is 12.0. The van der Waals surface area contributed by atoms with Crippen molar-refractivity contribution in [3.05, 3.63) is 60.2 Å². The van der Waals surface area contributed by atoms with Crippen molar-refractivity contribution in [3.63, 3.8) is 0 Å². The number of amides is 1. The van der Waals surface area contributed by atoms with Gasteiger partial charge in [0.2, 0.25) is 0 Å². The second-order valence-electron chi connectivity index (χ2n) is 4.41. The third kappa shape index (κ3) is 2.24. The van der Waals surface area contributed by atoms with Crippen molar-refractivity contribution in [1.82, 2.24) is 19.4 Å². The maximum Gasteiger partial charge on any atom is 0.325 e. The van der Waals surface area contributed by atoms with Crippen LogP contribution in [0.3, 0.4) is 0 Å². The van der Waals surface area contributed by atoms with Gasteiger partial charge in [0, 0.05) is 23.5 Å². The Bertz CT molecular complexity index is 1060. The summed E-state index contributed by atoms with van der Waals surface area (Å²) in [6, 6.07) is 0. The number of aromatic amines is 2. The van der Waals surface area contributed by atoms with E-state index in [-0.39, 0.29) is 11.3 Å². The maximum absolute atomic E-state index is 12.3. The van der Waals surface area contributed by atoms with Gasteiger partial charge in [0.05, 0.1) is 0 Å². The van der Waals surface area contributed by atoms with Crippen LogP contribution in [0.2, 0.25) is 0 Å². The van der Waals surface area contributed by atoms with Gasteiger partial charge in [-0.2, -0.15) is 0 Å². The van der Waals surface area contributed by atoms with Gasteiger partial charge in [-0.15, -0.1) is 11.3 Å². The Morgan fingerprint density at radius 2 is 2.14 bits per heavy atom. The van der Waals surface area contributed by atoms with Crippen LogP contribution in [0.5, 0.6) is 0 Å². The fourth-order valence-electron chi connectivity index (χ4n) is 1.87. The van der Waals surface area contributed by atoms with Gasteiger partial charge in [-0.25, -0.2) is 9.78 Å². The zero-order chi connectivity index (χ0) is 15.9.